The van der Waals surface area contributed by atoms with Crippen molar-refractivity contribution in [3.63, 3.8) is 0 Å². The molecule has 0 unspecified atom stereocenters. The van der Waals surface area contributed by atoms with Gasteiger partial charge in [-0.05, 0) is 44.5 Å². The van der Waals surface area contributed by atoms with E-state index in [4.69, 9.17) is 9.26 Å². The number of hydrogen-bond donors (Lipinski definition) is 1. The molecule has 0 fully saturated rings. The van der Waals surface area contributed by atoms with Gasteiger partial charge in [0, 0.05) is 24.0 Å². The number of carbonyl (C=O) groups is 1. The van der Waals surface area contributed by atoms with Gasteiger partial charge in [-0.2, -0.15) is 0 Å². The first-order valence-corrected chi connectivity index (χ1v) is 8.14. The van der Waals surface area contributed by atoms with E-state index in [-0.39, 0.29) is 18.2 Å². The summed E-state index contributed by atoms with van der Waals surface area (Å²) < 4.78 is 25.6. The van der Waals surface area contributed by atoms with Crippen LogP contribution in [-0.2, 0) is 6.54 Å². The maximum absolute atomic E-state index is 13.8. The molecule has 0 aliphatic rings. The predicted octanol–water partition coefficient (Wildman–Crippen LogP) is 3.47. The standard InChI is InChI=1S/C19H20FN3O3/c1-11-7-15(13(3)23(11)18-8-12(2)26-22-18)19(24)21-10-14-5-6-17(25-4)16(20)9-14/h5-9H,10H2,1-4H3,(H,21,24). The Bertz CT molecular complexity index is 959. The Labute approximate surface area is 150 Å². The van der Waals surface area contributed by atoms with Crippen LogP contribution in [0.1, 0.15) is 33.1 Å². The zero-order chi connectivity index (χ0) is 18.8. The van der Waals surface area contributed by atoms with Crippen LogP contribution in [-0.4, -0.2) is 22.7 Å². The third-order valence-corrected chi connectivity index (χ3v) is 4.19. The van der Waals surface area contributed by atoms with E-state index in [0.717, 1.165) is 11.4 Å². The predicted molar refractivity (Wildman–Crippen MR) is 94.2 cm³/mol. The number of benzene rings is 1. The third-order valence-electron chi connectivity index (χ3n) is 4.19. The van der Waals surface area contributed by atoms with Crippen molar-refractivity contribution in [2.24, 2.45) is 0 Å². The SMILES string of the molecule is COc1ccc(CNC(=O)c2cc(C)n(-c3cc(C)on3)c2C)cc1F. The summed E-state index contributed by atoms with van der Waals surface area (Å²) in [6.45, 7) is 5.77. The minimum atomic E-state index is -0.459. The van der Waals surface area contributed by atoms with Gasteiger partial charge in [0.15, 0.2) is 17.4 Å². The summed E-state index contributed by atoms with van der Waals surface area (Å²) in [5.41, 5.74) is 2.82. The fourth-order valence-electron chi connectivity index (χ4n) is 2.90. The van der Waals surface area contributed by atoms with Gasteiger partial charge in [0.1, 0.15) is 5.76 Å². The van der Waals surface area contributed by atoms with Gasteiger partial charge in [-0.25, -0.2) is 4.39 Å². The Morgan fingerprint density at radius 2 is 2.04 bits per heavy atom. The zero-order valence-corrected chi connectivity index (χ0v) is 15.1. The van der Waals surface area contributed by atoms with Gasteiger partial charge < -0.3 is 14.6 Å². The van der Waals surface area contributed by atoms with Crippen molar-refractivity contribution in [3.8, 4) is 11.6 Å². The Hall–Kier alpha value is -3.09. The highest BCUT2D eigenvalue weighted by molar-refractivity contribution is 5.95. The van der Waals surface area contributed by atoms with E-state index in [0.29, 0.717) is 22.7 Å². The van der Waals surface area contributed by atoms with Gasteiger partial charge in [0.25, 0.3) is 5.91 Å². The normalized spacial score (nSPS) is 10.8. The summed E-state index contributed by atoms with van der Waals surface area (Å²) in [6, 6.07) is 8.20. The molecule has 3 aromatic rings. The summed E-state index contributed by atoms with van der Waals surface area (Å²) in [4.78, 5) is 12.6. The van der Waals surface area contributed by atoms with Crippen molar-refractivity contribution in [1.29, 1.82) is 0 Å². The summed E-state index contributed by atoms with van der Waals surface area (Å²) in [5, 5.41) is 6.82. The van der Waals surface area contributed by atoms with Crippen LogP contribution in [0, 0.1) is 26.6 Å². The van der Waals surface area contributed by atoms with Gasteiger partial charge in [-0.1, -0.05) is 11.2 Å². The number of aryl methyl sites for hydroxylation is 2. The van der Waals surface area contributed by atoms with Gasteiger partial charge in [0.2, 0.25) is 0 Å². The number of nitrogens with one attached hydrogen (secondary N) is 1. The summed E-state index contributed by atoms with van der Waals surface area (Å²) in [5.74, 6) is 0.806. The van der Waals surface area contributed by atoms with Crippen LogP contribution < -0.4 is 10.1 Å². The first-order chi connectivity index (χ1) is 12.4. The first-order valence-electron chi connectivity index (χ1n) is 8.14. The van der Waals surface area contributed by atoms with E-state index in [2.05, 4.69) is 10.5 Å². The minimum Gasteiger partial charge on any atom is -0.494 e. The van der Waals surface area contributed by atoms with E-state index in [9.17, 15) is 9.18 Å². The summed E-state index contributed by atoms with van der Waals surface area (Å²) in [7, 11) is 1.41. The Morgan fingerprint density at radius 1 is 1.27 bits per heavy atom. The Balaban J connectivity index is 1.77. The van der Waals surface area contributed by atoms with E-state index in [1.54, 1.807) is 12.1 Å². The van der Waals surface area contributed by atoms with Gasteiger partial charge in [-0.3, -0.25) is 9.36 Å². The smallest absolute Gasteiger partial charge is 0.253 e. The first kappa shape index (κ1) is 17.7. The molecule has 0 bridgehead atoms. The molecule has 3 rings (SSSR count). The van der Waals surface area contributed by atoms with E-state index in [1.807, 2.05) is 31.4 Å². The summed E-state index contributed by atoms with van der Waals surface area (Å²) >= 11 is 0. The van der Waals surface area contributed by atoms with Gasteiger partial charge >= 0.3 is 0 Å². The highest BCUT2D eigenvalue weighted by Crippen LogP contribution is 2.21. The quantitative estimate of drug-likeness (QED) is 0.759. The van der Waals surface area contributed by atoms with Crippen molar-refractivity contribution in [2.75, 3.05) is 7.11 Å². The Kier molecular flexibility index (Phi) is 4.79. The van der Waals surface area contributed by atoms with Crippen molar-refractivity contribution in [1.82, 2.24) is 15.0 Å². The van der Waals surface area contributed by atoms with Crippen molar-refractivity contribution >= 4 is 5.91 Å². The fourth-order valence-corrected chi connectivity index (χ4v) is 2.90. The van der Waals surface area contributed by atoms with E-state index < -0.39 is 5.82 Å². The lowest BCUT2D eigenvalue weighted by Gasteiger charge is -2.08. The molecule has 0 spiro atoms. The lowest BCUT2D eigenvalue weighted by atomic mass is 10.2. The average Bonchev–Trinajstić information content (AvgIpc) is 3.15. The molecule has 136 valence electrons. The van der Waals surface area contributed by atoms with Crippen LogP contribution in [0.25, 0.3) is 5.82 Å². The number of amides is 1. The number of nitrogens with zero attached hydrogens (tertiary/aromatic N) is 2. The molecule has 0 aliphatic heterocycles. The molecule has 26 heavy (non-hydrogen) atoms. The highest BCUT2D eigenvalue weighted by atomic mass is 19.1. The maximum atomic E-state index is 13.8. The van der Waals surface area contributed by atoms with Crippen LogP contribution in [0.15, 0.2) is 34.9 Å². The largest absolute Gasteiger partial charge is 0.494 e. The number of ether oxygens (including phenoxy) is 1. The van der Waals surface area contributed by atoms with Crippen LogP contribution in [0.2, 0.25) is 0 Å². The zero-order valence-electron chi connectivity index (χ0n) is 15.1. The molecule has 0 aliphatic carbocycles. The number of halogens is 1. The second-order valence-corrected chi connectivity index (χ2v) is 6.07. The molecule has 0 atom stereocenters. The maximum Gasteiger partial charge on any atom is 0.253 e. The molecular formula is C19H20FN3O3. The molecule has 2 heterocycles. The number of aromatic nitrogens is 2. The topological polar surface area (TPSA) is 69.3 Å². The molecule has 0 radical (unpaired) electrons. The molecular weight excluding hydrogens is 337 g/mol. The number of rotatable bonds is 5. The lowest BCUT2D eigenvalue weighted by Crippen LogP contribution is -2.23. The minimum absolute atomic E-state index is 0.173. The van der Waals surface area contributed by atoms with Crippen molar-refractivity contribution in [3.05, 3.63) is 64.4 Å². The summed E-state index contributed by atoms with van der Waals surface area (Å²) in [6.07, 6.45) is 0. The van der Waals surface area contributed by atoms with Crippen LogP contribution in [0.4, 0.5) is 4.39 Å². The second-order valence-electron chi connectivity index (χ2n) is 6.07. The molecule has 1 aromatic carbocycles. The van der Waals surface area contributed by atoms with Gasteiger partial charge in [0.05, 0.1) is 12.7 Å². The third kappa shape index (κ3) is 3.33. The lowest BCUT2D eigenvalue weighted by molar-refractivity contribution is 0.0950. The molecule has 6 nitrogen and oxygen atoms in total. The van der Waals surface area contributed by atoms with Crippen molar-refractivity contribution in [2.45, 2.75) is 27.3 Å². The monoisotopic (exact) mass is 357 g/mol. The molecule has 7 heteroatoms. The number of hydrogen-bond acceptors (Lipinski definition) is 4. The van der Waals surface area contributed by atoms with Crippen LogP contribution in [0.3, 0.4) is 0 Å². The molecule has 1 N–H and O–H groups in total. The average molecular weight is 357 g/mol. The van der Waals surface area contributed by atoms with Crippen LogP contribution in [0.5, 0.6) is 5.75 Å². The van der Waals surface area contributed by atoms with Crippen LogP contribution >= 0.6 is 0 Å². The molecule has 2 aromatic heterocycles. The van der Waals surface area contributed by atoms with Gasteiger partial charge in [-0.15, -0.1) is 0 Å². The van der Waals surface area contributed by atoms with Crippen molar-refractivity contribution < 1.29 is 18.4 Å². The molecule has 0 saturated carbocycles. The number of carbonyl (C=O) groups excluding carboxylic acids is 1. The Morgan fingerprint density at radius 3 is 2.65 bits per heavy atom. The second kappa shape index (κ2) is 7.03. The molecule has 0 saturated heterocycles. The highest BCUT2D eigenvalue weighted by Gasteiger charge is 2.18. The fraction of sp³-hybridized carbons (Fsp3) is 0.263. The number of methoxy groups -OCH3 is 1. The molecule has 1 amide bonds. The van der Waals surface area contributed by atoms with E-state index in [1.165, 1.54) is 19.2 Å². The van der Waals surface area contributed by atoms with E-state index >= 15 is 0 Å².